The lowest BCUT2D eigenvalue weighted by atomic mass is 9.73. The first kappa shape index (κ1) is 27.3. The Balaban J connectivity index is 1.55. The molecule has 0 radical (unpaired) electrons. The molecule has 1 aliphatic rings. The number of pyridine rings is 1. The Morgan fingerprint density at radius 1 is 1.03 bits per heavy atom. The number of piperidine rings is 1. The summed E-state index contributed by atoms with van der Waals surface area (Å²) in [6.07, 6.45) is 4.64. The minimum Gasteiger partial charge on any atom is -0.337 e. The second-order valence-electron chi connectivity index (χ2n) is 9.25. The highest BCUT2D eigenvalue weighted by Crippen LogP contribution is 2.37. The number of rotatable bonds is 7. The zero-order chi connectivity index (χ0) is 26.6. The van der Waals surface area contributed by atoms with Crippen molar-refractivity contribution in [3.8, 4) is 11.1 Å². The molecule has 0 atom stereocenters. The molecule has 2 N–H and O–H groups in total. The largest absolute Gasteiger partial charge is 0.337 e. The number of hydrogen-bond donors (Lipinski definition) is 2. The Kier molecular flexibility index (Phi) is 8.40. The van der Waals surface area contributed by atoms with Gasteiger partial charge in [0.15, 0.2) is 0 Å². The van der Waals surface area contributed by atoms with Crippen LogP contribution in [-0.2, 0) is 15.6 Å². The predicted molar refractivity (Wildman–Crippen MR) is 148 cm³/mol. The van der Waals surface area contributed by atoms with Crippen LogP contribution in [0, 0.1) is 0 Å². The van der Waals surface area contributed by atoms with E-state index in [0.29, 0.717) is 48.2 Å². The number of halogens is 2. The van der Waals surface area contributed by atoms with Crippen LogP contribution in [0.5, 0.6) is 0 Å². The van der Waals surface area contributed by atoms with E-state index in [1.807, 2.05) is 30.5 Å². The van der Waals surface area contributed by atoms with Crippen molar-refractivity contribution in [2.75, 3.05) is 39.0 Å². The number of carbonyl (C=O) groups is 1. The van der Waals surface area contributed by atoms with Crippen molar-refractivity contribution in [3.63, 3.8) is 0 Å². The molecular weight excluding hydrogens is 533 g/mol. The number of aromatic nitrogens is 1. The summed E-state index contributed by atoms with van der Waals surface area (Å²) < 4.78 is 28.1. The third kappa shape index (κ3) is 6.42. The molecule has 0 spiro atoms. The summed E-state index contributed by atoms with van der Waals surface area (Å²) in [4.78, 5) is 17.0. The average molecular weight is 563 g/mol. The molecule has 3 aromatic rings. The quantitative estimate of drug-likeness (QED) is 0.423. The van der Waals surface area contributed by atoms with Crippen LogP contribution < -0.4 is 10.6 Å². The molecular formula is C26H29Cl2N5O3S. The van der Waals surface area contributed by atoms with Gasteiger partial charge in [-0.05, 0) is 53.8 Å². The lowest BCUT2D eigenvalue weighted by Crippen LogP contribution is -2.52. The number of nitrogens with zero attached hydrogens (tertiary/aromatic N) is 3. The van der Waals surface area contributed by atoms with Crippen LogP contribution in [0.15, 0.2) is 67.0 Å². The number of benzene rings is 2. The van der Waals surface area contributed by atoms with Crippen molar-refractivity contribution < 1.29 is 13.2 Å². The lowest BCUT2D eigenvalue weighted by Gasteiger charge is -2.42. The first-order chi connectivity index (χ1) is 17.6. The van der Waals surface area contributed by atoms with E-state index in [4.69, 9.17) is 23.2 Å². The van der Waals surface area contributed by atoms with Gasteiger partial charge < -0.3 is 10.6 Å². The number of anilines is 1. The summed E-state index contributed by atoms with van der Waals surface area (Å²) in [6.45, 7) is 1.02. The Bertz CT molecular complexity index is 1320. The van der Waals surface area contributed by atoms with Crippen molar-refractivity contribution >= 4 is 45.1 Å². The molecule has 2 amide bonds. The maximum Gasteiger partial charge on any atom is 0.319 e. The van der Waals surface area contributed by atoms with E-state index in [0.717, 1.165) is 16.7 Å². The van der Waals surface area contributed by atoms with Gasteiger partial charge in [-0.25, -0.2) is 4.79 Å². The van der Waals surface area contributed by atoms with Crippen molar-refractivity contribution in [1.29, 1.82) is 0 Å². The predicted octanol–water partition coefficient (Wildman–Crippen LogP) is 5.02. The van der Waals surface area contributed by atoms with Gasteiger partial charge in [0.25, 0.3) is 10.2 Å². The number of urea groups is 1. The summed E-state index contributed by atoms with van der Waals surface area (Å²) in [5.41, 5.74) is 3.11. The monoisotopic (exact) mass is 561 g/mol. The van der Waals surface area contributed by atoms with Gasteiger partial charge in [0.1, 0.15) is 0 Å². The van der Waals surface area contributed by atoms with E-state index in [2.05, 4.69) is 27.8 Å². The summed E-state index contributed by atoms with van der Waals surface area (Å²) >= 11 is 12.1. The molecule has 0 unspecified atom stereocenters. The summed E-state index contributed by atoms with van der Waals surface area (Å²) in [5.74, 6) is 0. The third-order valence-corrected chi connectivity index (χ3v) is 9.04. The topological polar surface area (TPSA) is 94.6 Å². The van der Waals surface area contributed by atoms with Crippen LogP contribution in [0.3, 0.4) is 0 Å². The third-order valence-electron chi connectivity index (χ3n) is 6.67. The zero-order valence-electron chi connectivity index (χ0n) is 20.6. The highest BCUT2D eigenvalue weighted by molar-refractivity contribution is 7.86. The maximum atomic E-state index is 12.8. The van der Waals surface area contributed by atoms with E-state index in [1.165, 1.54) is 22.7 Å². The van der Waals surface area contributed by atoms with Crippen LogP contribution in [0.2, 0.25) is 10.0 Å². The van der Waals surface area contributed by atoms with Crippen LogP contribution in [-0.4, -0.2) is 61.8 Å². The van der Waals surface area contributed by atoms with Gasteiger partial charge in [-0.15, -0.1) is 0 Å². The molecule has 0 saturated carbocycles. The number of carbonyl (C=O) groups excluding carboxylic acids is 1. The van der Waals surface area contributed by atoms with E-state index in [9.17, 15) is 13.2 Å². The standard InChI is InChI=1S/C26H29Cl2N5O3S/c1-32(2)37(35,36)33-12-9-26(10-13-33,18-30-25(34)31-24-15-22(27)14-23(28)16-24)21-7-5-19(6-8-21)20-4-3-11-29-17-20/h3-8,11,14-17H,9-10,12-13,18H2,1-2H3,(H2,30,31,34). The number of hydrogen-bond acceptors (Lipinski definition) is 4. The Labute approximate surface area is 227 Å². The molecule has 0 bridgehead atoms. The summed E-state index contributed by atoms with van der Waals surface area (Å²) in [6, 6.07) is 16.5. The Morgan fingerprint density at radius 3 is 2.24 bits per heavy atom. The molecule has 4 rings (SSSR count). The molecule has 0 aliphatic carbocycles. The molecule has 1 aromatic heterocycles. The fraction of sp³-hybridized carbons (Fsp3) is 0.308. The van der Waals surface area contributed by atoms with Crippen LogP contribution >= 0.6 is 23.2 Å². The van der Waals surface area contributed by atoms with Gasteiger partial charge in [0.05, 0.1) is 0 Å². The van der Waals surface area contributed by atoms with Crippen LogP contribution in [0.25, 0.3) is 11.1 Å². The SMILES string of the molecule is CN(C)S(=O)(=O)N1CCC(CNC(=O)Nc2cc(Cl)cc(Cl)c2)(c2ccc(-c3cccnc3)cc2)CC1. The second-order valence-corrected chi connectivity index (χ2v) is 12.3. The lowest BCUT2D eigenvalue weighted by molar-refractivity contribution is 0.214. The number of nitrogens with one attached hydrogen (secondary N) is 2. The van der Waals surface area contributed by atoms with Crippen molar-refractivity contribution in [1.82, 2.24) is 18.9 Å². The zero-order valence-corrected chi connectivity index (χ0v) is 22.9. The van der Waals surface area contributed by atoms with E-state index >= 15 is 0 Å². The van der Waals surface area contributed by atoms with Crippen LogP contribution in [0.4, 0.5) is 10.5 Å². The molecule has 1 aliphatic heterocycles. The highest BCUT2D eigenvalue weighted by Gasteiger charge is 2.40. The average Bonchev–Trinajstić information content (AvgIpc) is 2.87. The molecule has 8 nitrogen and oxygen atoms in total. The molecule has 2 heterocycles. The van der Waals surface area contributed by atoms with Gasteiger partial charge in [0.2, 0.25) is 0 Å². The molecule has 1 saturated heterocycles. The van der Waals surface area contributed by atoms with Gasteiger partial charge in [-0.2, -0.15) is 17.0 Å². The normalized spacial score (nSPS) is 15.9. The van der Waals surface area contributed by atoms with E-state index < -0.39 is 21.7 Å². The van der Waals surface area contributed by atoms with E-state index in [1.54, 1.807) is 24.4 Å². The molecule has 1 fully saturated rings. The Morgan fingerprint density at radius 2 is 1.68 bits per heavy atom. The molecule has 37 heavy (non-hydrogen) atoms. The van der Waals surface area contributed by atoms with Gasteiger partial charge in [0, 0.05) is 67.3 Å². The van der Waals surface area contributed by atoms with Crippen molar-refractivity contribution in [2.45, 2.75) is 18.3 Å². The van der Waals surface area contributed by atoms with Gasteiger partial charge in [-0.1, -0.05) is 53.5 Å². The smallest absolute Gasteiger partial charge is 0.319 e. The highest BCUT2D eigenvalue weighted by atomic mass is 35.5. The van der Waals surface area contributed by atoms with Gasteiger partial charge in [-0.3, -0.25) is 4.98 Å². The van der Waals surface area contributed by atoms with E-state index in [-0.39, 0.29) is 0 Å². The minimum atomic E-state index is -3.52. The van der Waals surface area contributed by atoms with Gasteiger partial charge >= 0.3 is 6.03 Å². The summed E-state index contributed by atoms with van der Waals surface area (Å²) in [5, 5.41) is 6.59. The summed E-state index contributed by atoms with van der Waals surface area (Å²) in [7, 11) is -0.460. The molecule has 2 aromatic carbocycles. The molecule has 11 heteroatoms. The van der Waals surface area contributed by atoms with Crippen molar-refractivity contribution in [3.05, 3.63) is 82.6 Å². The maximum absolute atomic E-state index is 12.8. The minimum absolute atomic E-state index is 0.329. The van der Waals surface area contributed by atoms with Crippen molar-refractivity contribution in [2.24, 2.45) is 0 Å². The fourth-order valence-electron chi connectivity index (χ4n) is 4.54. The first-order valence-corrected chi connectivity index (χ1v) is 13.9. The first-order valence-electron chi connectivity index (χ1n) is 11.8. The van der Waals surface area contributed by atoms with Crippen LogP contribution in [0.1, 0.15) is 18.4 Å². The number of amides is 2. The Hall–Kier alpha value is -2.69. The second kappa shape index (κ2) is 11.4. The molecule has 196 valence electrons. The fourth-order valence-corrected chi connectivity index (χ4v) is 6.18.